The highest BCUT2D eigenvalue weighted by atomic mass is 35.5. The van der Waals surface area contributed by atoms with E-state index in [9.17, 15) is 23.2 Å². The fraction of sp³-hybridized carbons (Fsp3) is 0.118. The molecule has 136 valence electrons. The van der Waals surface area contributed by atoms with Crippen LogP contribution in [0.1, 0.15) is 27.1 Å². The van der Waals surface area contributed by atoms with Gasteiger partial charge in [-0.3, -0.25) is 25.2 Å². The van der Waals surface area contributed by atoms with E-state index in [1.807, 2.05) is 0 Å². The summed E-state index contributed by atoms with van der Waals surface area (Å²) in [4.78, 5) is 35.3. The topological polar surface area (TPSA) is 87.3 Å². The van der Waals surface area contributed by atoms with Crippen LogP contribution >= 0.6 is 11.6 Å². The van der Waals surface area contributed by atoms with Gasteiger partial charge >= 0.3 is 0 Å². The molecule has 9 heteroatoms. The highest BCUT2D eigenvalue weighted by Crippen LogP contribution is 2.16. The second kappa shape index (κ2) is 8.91. The monoisotopic (exact) mass is 381 g/mol. The lowest BCUT2D eigenvalue weighted by Gasteiger charge is -2.09. The molecule has 0 aromatic heterocycles. The summed E-state index contributed by atoms with van der Waals surface area (Å²) in [6, 6.07) is 8.11. The largest absolute Gasteiger partial charge is 0.351 e. The molecule has 0 fully saturated rings. The first kappa shape index (κ1) is 19.3. The number of nitrogens with one attached hydrogen (secondary N) is 3. The first-order valence-corrected chi connectivity index (χ1v) is 7.82. The van der Waals surface area contributed by atoms with Crippen LogP contribution in [0.5, 0.6) is 0 Å². The summed E-state index contributed by atoms with van der Waals surface area (Å²) >= 11 is 5.77. The molecular formula is C17H14ClF2N3O3. The van der Waals surface area contributed by atoms with Gasteiger partial charge in [-0.05, 0) is 42.5 Å². The fourth-order valence-electron chi connectivity index (χ4n) is 1.92. The molecule has 0 radical (unpaired) electrons. The van der Waals surface area contributed by atoms with Crippen molar-refractivity contribution < 1.29 is 23.2 Å². The Balaban J connectivity index is 1.74. The fourth-order valence-corrected chi connectivity index (χ4v) is 2.17. The molecule has 6 nitrogen and oxygen atoms in total. The van der Waals surface area contributed by atoms with Gasteiger partial charge in [0.05, 0.1) is 10.6 Å². The molecule has 0 aliphatic carbocycles. The van der Waals surface area contributed by atoms with Crippen LogP contribution < -0.4 is 16.2 Å². The second-order valence-electron chi connectivity index (χ2n) is 5.14. The van der Waals surface area contributed by atoms with Crippen molar-refractivity contribution in [2.24, 2.45) is 0 Å². The van der Waals surface area contributed by atoms with E-state index in [2.05, 4.69) is 16.2 Å². The second-order valence-corrected chi connectivity index (χ2v) is 5.55. The molecule has 0 atom stereocenters. The van der Waals surface area contributed by atoms with Crippen molar-refractivity contribution in [3.05, 3.63) is 70.2 Å². The molecule has 0 aliphatic rings. The number of hydrogen-bond donors (Lipinski definition) is 3. The maximum atomic E-state index is 12.9. The third-order valence-electron chi connectivity index (χ3n) is 3.24. The first-order valence-electron chi connectivity index (χ1n) is 7.45. The molecule has 0 saturated carbocycles. The van der Waals surface area contributed by atoms with Gasteiger partial charge in [0, 0.05) is 18.5 Å². The zero-order chi connectivity index (χ0) is 19.1. The van der Waals surface area contributed by atoms with Crippen molar-refractivity contribution >= 4 is 29.3 Å². The molecule has 0 saturated heterocycles. The van der Waals surface area contributed by atoms with Gasteiger partial charge in [-0.1, -0.05) is 11.6 Å². The van der Waals surface area contributed by atoms with Crippen LogP contribution in [0.4, 0.5) is 8.78 Å². The van der Waals surface area contributed by atoms with Gasteiger partial charge in [-0.2, -0.15) is 0 Å². The standard InChI is InChI=1S/C17H14ClF2N3O3/c18-14-9-12(20)5-6-13(14)17(26)21-8-7-15(24)22-23-16(25)10-1-3-11(19)4-2-10/h1-6,9H,7-8H2,(H,21,26)(H,22,24)(H,23,25). The Labute approximate surface area is 152 Å². The highest BCUT2D eigenvalue weighted by Gasteiger charge is 2.12. The Morgan fingerprint density at radius 1 is 0.885 bits per heavy atom. The van der Waals surface area contributed by atoms with E-state index < -0.39 is 29.4 Å². The van der Waals surface area contributed by atoms with E-state index in [-0.39, 0.29) is 29.1 Å². The smallest absolute Gasteiger partial charge is 0.269 e. The Kier molecular flexibility index (Phi) is 6.62. The molecule has 2 rings (SSSR count). The van der Waals surface area contributed by atoms with Gasteiger partial charge in [-0.25, -0.2) is 8.78 Å². The average molecular weight is 382 g/mol. The number of carbonyl (C=O) groups excluding carboxylic acids is 3. The summed E-state index contributed by atoms with van der Waals surface area (Å²) in [5.41, 5.74) is 4.59. The van der Waals surface area contributed by atoms with Crippen molar-refractivity contribution in [1.82, 2.24) is 16.2 Å². The lowest BCUT2D eigenvalue weighted by molar-refractivity contribution is -0.121. The summed E-state index contributed by atoms with van der Waals surface area (Å²) in [5.74, 6) is -2.77. The lowest BCUT2D eigenvalue weighted by atomic mass is 10.2. The van der Waals surface area contributed by atoms with Crippen molar-refractivity contribution in [3.8, 4) is 0 Å². The zero-order valence-corrected chi connectivity index (χ0v) is 14.1. The highest BCUT2D eigenvalue weighted by molar-refractivity contribution is 6.33. The molecule has 3 amide bonds. The molecular weight excluding hydrogens is 368 g/mol. The quantitative estimate of drug-likeness (QED) is 0.694. The minimum atomic E-state index is -0.611. The summed E-state index contributed by atoms with van der Waals surface area (Å²) in [6.45, 7) is -0.0230. The third-order valence-corrected chi connectivity index (χ3v) is 3.55. The Hall–Kier alpha value is -3.00. The molecule has 2 aromatic rings. The maximum Gasteiger partial charge on any atom is 0.269 e. The average Bonchev–Trinajstić information content (AvgIpc) is 2.60. The first-order chi connectivity index (χ1) is 12.4. The van der Waals surface area contributed by atoms with E-state index >= 15 is 0 Å². The number of carbonyl (C=O) groups is 3. The van der Waals surface area contributed by atoms with Gasteiger partial charge in [0.2, 0.25) is 5.91 Å². The van der Waals surface area contributed by atoms with E-state index in [4.69, 9.17) is 11.6 Å². The molecule has 0 aliphatic heterocycles. The number of amides is 3. The summed E-state index contributed by atoms with van der Waals surface area (Å²) in [7, 11) is 0. The van der Waals surface area contributed by atoms with Crippen LogP contribution in [0, 0.1) is 11.6 Å². The van der Waals surface area contributed by atoms with Crippen LogP contribution in [0.2, 0.25) is 5.02 Å². The van der Waals surface area contributed by atoms with Crippen LogP contribution in [0.3, 0.4) is 0 Å². The number of benzene rings is 2. The van der Waals surface area contributed by atoms with Gasteiger partial charge < -0.3 is 5.32 Å². The summed E-state index contributed by atoms with van der Waals surface area (Å²) < 4.78 is 25.7. The van der Waals surface area contributed by atoms with E-state index in [1.165, 1.54) is 18.2 Å². The van der Waals surface area contributed by atoms with Gasteiger partial charge in [-0.15, -0.1) is 0 Å². The number of halogens is 3. The van der Waals surface area contributed by atoms with Gasteiger partial charge in [0.15, 0.2) is 0 Å². The SMILES string of the molecule is O=C(CCNC(=O)c1ccc(F)cc1Cl)NNC(=O)c1ccc(F)cc1. The van der Waals surface area contributed by atoms with Crippen LogP contribution in [0.25, 0.3) is 0 Å². The normalized spacial score (nSPS) is 10.1. The van der Waals surface area contributed by atoms with Crippen molar-refractivity contribution in [2.75, 3.05) is 6.54 Å². The van der Waals surface area contributed by atoms with Crippen molar-refractivity contribution in [1.29, 1.82) is 0 Å². The van der Waals surface area contributed by atoms with Gasteiger partial charge in [0.1, 0.15) is 11.6 Å². The van der Waals surface area contributed by atoms with Gasteiger partial charge in [0.25, 0.3) is 11.8 Å². The number of hydrogen-bond acceptors (Lipinski definition) is 3. The molecule has 0 bridgehead atoms. The Morgan fingerprint density at radius 2 is 1.54 bits per heavy atom. The molecule has 3 N–H and O–H groups in total. The molecule has 2 aromatic carbocycles. The predicted molar refractivity (Wildman–Crippen MR) is 90.4 cm³/mol. The Bertz CT molecular complexity index is 829. The molecule has 0 spiro atoms. The maximum absolute atomic E-state index is 12.9. The van der Waals surface area contributed by atoms with Crippen molar-refractivity contribution in [2.45, 2.75) is 6.42 Å². The van der Waals surface area contributed by atoms with Crippen LogP contribution in [-0.2, 0) is 4.79 Å². The number of hydrazine groups is 1. The molecule has 26 heavy (non-hydrogen) atoms. The van der Waals surface area contributed by atoms with E-state index in [1.54, 1.807) is 0 Å². The third kappa shape index (κ3) is 5.52. The van der Waals surface area contributed by atoms with E-state index in [0.717, 1.165) is 24.3 Å². The zero-order valence-electron chi connectivity index (χ0n) is 13.3. The minimum Gasteiger partial charge on any atom is -0.351 e. The lowest BCUT2D eigenvalue weighted by Crippen LogP contribution is -2.42. The van der Waals surface area contributed by atoms with Crippen LogP contribution in [-0.4, -0.2) is 24.3 Å². The Morgan fingerprint density at radius 3 is 2.19 bits per heavy atom. The molecule has 0 heterocycles. The molecule has 0 unspecified atom stereocenters. The summed E-state index contributed by atoms with van der Waals surface area (Å²) in [6.07, 6.45) is -0.117. The van der Waals surface area contributed by atoms with E-state index in [0.29, 0.717) is 0 Å². The van der Waals surface area contributed by atoms with Crippen molar-refractivity contribution in [3.63, 3.8) is 0 Å². The minimum absolute atomic E-state index is 0.0230. The predicted octanol–water partition coefficient (Wildman–Crippen LogP) is 2.20. The summed E-state index contributed by atoms with van der Waals surface area (Å²) in [5, 5.41) is 2.41. The number of rotatable bonds is 5. The van der Waals surface area contributed by atoms with Crippen LogP contribution in [0.15, 0.2) is 42.5 Å².